The van der Waals surface area contributed by atoms with E-state index in [0.717, 1.165) is 66.8 Å². The summed E-state index contributed by atoms with van der Waals surface area (Å²) in [6.07, 6.45) is 1.43. The summed E-state index contributed by atoms with van der Waals surface area (Å²) in [4.78, 5) is 73.7. The minimum atomic E-state index is -1.15. The van der Waals surface area contributed by atoms with Crippen LogP contribution in [0, 0.1) is 11.8 Å². The van der Waals surface area contributed by atoms with Gasteiger partial charge in [0.1, 0.15) is 36.1 Å². The molecule has 17 heteroatoms. The van der Waals surface area contributed by atoms with E-state index in [0.29, 0.717) is 44.2 Å². The van der Waals surface area contributed by atoms with E-state index in [1.165, 1.54) is 21.3 Å². The normalized spacial score (nSPS) is 20.9. The zero-order valence-electron chi connectivity index (χ0n) is 36.9. The zero-order valence-corrected chi connectivity index (χ0v) is 36.9. The van der Waals surface area contributed by atoms with Crippen molar-refractivity contribution in [3.8, 4) is 28.1 Å². The number of aromatic nitrogens is 4. The Morgan fingerprint density at radius 2 is 1.78 bits per heavy atom. The van der Waals surface area contributed by atoms with Crippen molar-refractivity contribution in [2.75, 3.05) is 41.5 Å². The molecule has 4 amide bonds. The van der Waals surface area contributed by atoms with Crippen molar-refractivity contribution in [1.29, 1.82) is 0 Å². The van der Waals surface area contributed by atoms with Gasteiger partial charge in [0, 0.05) is 50.7 Å². The van der Waals surface area contributed by atoms with Crippen LogP contribution in [0.25, 0.3) is 44.2 Å². The molecule has 7 atom stereocenters. The highest BCUT2D eigenvalue weighted by molar-refractivity contribution is 6.07. The van der Waals surface area contributed by atoms with Gasteiger partial charge in [0.25, 0.3) is 0 Å². The second kappa shape index (κ2) is 17.5. The van der Waals surface area contributed by atoms with Crippen LogP contribution >= 0.6 is 0 Å². The number of rotatable bonds is 12. The van der Waals surface area contributed by atoms with Crippen LogP contribution in [0.5, 0.6) is 5.75 Å². The summed E-state index contributed by atoms with van der Waals surface area (Å²) in [6.45, 7) is 8.70. The molecule has 3 aliphatic rings. The number of H-pyrrole nitrogens is 2. The molecular weight excluding hydrogens is 809 g/mol. The molecule has 2 saturated heterocycles. The standard InChI is InChI=1S/C46H56N8O9/c1-23(2)40(52(5)46(58)59)44(56)53-20-26(21-60-6)15-36(53)41-47-19-34(49-41)28-10-12-30-29(16-28)22-63-37-18-31-27(17-32(30)37)11-13-33-39(31)50-42(48-33)35-14-9-24(3)54(35)43(55)38(25(4)61-7)51-45(57)62-8/h10-13,16-19,23-26,35-36,38,40H,9,14-15,20-22H2,1-8H3,(H,47,49)(H,48,50)(H,51,57)(H,58,59)/t24-,25+,26-,35-,36-,38-,40-/m0/s1. The van der Waals surface area contributed by atoms with Gasteiger partial charge in [0.15, 0.2) is 0 Å². The van der Waals surface area contributed by atoms with Crippen LogP contribution in [-0.4, -0.2) is 130 Å². The van der Waals surface area contributed by atoms with Crippen molar-refractivity contribution in [3.63, 3.8) is 0 Å². The first-order chi connectivity index (χ1) is 30.2. The number of ether oxygens (including phenoxy) is 4. The van der Waals surface area contributed by atoms with Gasteiger partial charge >= 0.3 is 12.2 Å². The number of aromatic amines is 2. The Balaban J connectivity index is 1.06. The maximum Gasteiger partial charge on any atom is 0.407 e. The minimum Gasteiger partial charge on any atom is -0.488 e. The molecule has 3 aliphatic heterocycles. The van der Waals surface area contributed by atoms with Crippen molar-refractivity contribution in [3.05, 3.63) is 65.9 Å². The van der Waals surface area contributed by atoms with Gasteiger partial charge in [0.2, 0.25) is 11.8 Å². The number of amides is 4. The van der Waals surface area contributed by atoms with Gasteiger partial charge in [0.05, 0.1) is 54.8 Å². The number of carbonyl (C=O) groups excluding carboxylic acids is 3. The number of fused-ring (bicyclic) bond motifs is 6. The Kier molecular flexibility index (Phi) is 12.1. The second-order valence-electron chi connectivity index (χ2n) is 17.4. The Bertz CT molecular complexity index is 2550. The molecule has 0 unspecified atom stereocenters. The molecule has 8 rings (SSSR count). The highest BCUT2D eigenvalue weighted by atomic mass is 16.5. The van der Waals surface area contributed by atoms with Crippen LogP contribution in [0.2, 0.25) is 0 Å². The molecule has 0 bridgehead atoms. The Labute approximate surface area is 365 Å². The molecule has 0 aliphatic carbocycles. The topological polar surface area (TPSA) is 205 Å². The molecule has 2 fully saturated rings. The van der Waals surface area contributed by atoms with E-state index in [1.807, 2.05) is 32.9 Å². The fraction of sp³-hybridized carbons (Fsp3) is 0.478. The SMILES string of the molecule is COC[C@H]1C[C@@H](c2ncc(-c3ccc4c(c3)COc3cc5c(ccc6[nH]c([C@@H]7CC[C@H](C)N7C(=O)[C@@H](NC(=O)OC)[C@@H](C)OC)nc65)cc3-4)[nH]2)N(C(=O)[C@H](C(C)C)N(C)C(=O)O)C1. The lowest BCUT2D eigenvalue weighted by Crippen LogP contribution is -2.55. The molecule has 2 aromatic heterocycles. The third-order valence-electron chi connectivity index (χ3n) is 13.1. The average Bonchev–Trinajstić information content (AvgIpc) is 4.10. The Morgan fingerprint density at radius 3 is 2.49 bits per heavy atom. The van der Waals surface area contributed by atoms with E-state index < -0.39 is 30.4 Å². The largest absolute Gasteiger partial charge is 0.488 e. The van der Waals surface area contributed by atoms with Gasteiger partial charge in [-0.1, -0.05) is 32.0 Å². The minimum absolute atomic E-state index is 0.0716. The molecule has 5 aromatic rings. The number of carboxylic acid groups (broad SMARTS) is 1. The van der Waals surface area contributed by atoms with E-state index in [1.54, 1.807) is 30.0 Å². The van der Waals surface area contributed by atoms with Gasteiger partial charge in [-0.25, -0.2) is 19.6 Å². The predicted molar refractivity (Wildman–Crippen MR) is 234 cm³/mol. The van der Waals surface area contributed by atoms with E-state index >= 15 is 0 Å². The van der Waals surface area contributed by atoms with Crippen molar-refractivity contribution in [2.45, 2.75) is 89.9 Å². The Morgan fingerprint density at radius 1 is 0.984 bits per heavy atom. The number of likely N-dealkylation sites (N-methyl/N-ethyl adjacent to an activating group) is 1. The van der Waals surface area contributed by atoms with Crippen LogP contribution in [0.3, 0.4) is 0 Å². The van der Waals surface area contributed by atoms with Gasteiger partial charge in [-0.15, -0.1) is 0 Å². The molecule has 17 nitrogen and oxygen atoms in total. The summed E-state index contributed by atoms with van der Waals surface area (Å²) in [6, 6.07) is 11.9. The summed E-state index contributed by atoms with van der Waals surface area (Å²) in [5.41, 5.74) is 6.34. The third kappa shape index (κ3) is 8.03. The van der Waals surface area contributed by atoms with E-state index in [-0.39, 0.29) is 41.8 Å². The second-order valence-corrected chi connectivity index (χ2v) is 17.4. The predicted octanol–water partition coefficient (Wildman–Crippen LogP) is 6.65. The molecule has 0 saturated carbocycles. The maximum atomic E-state index is 14.1. The first kappa shape index (κ1) is 43.4. The number of imidazole rings is 2. The molecule has 63 heavy (non-hydrogen) atoms. The van der Waals surface area contributed by atoms with Crippen molar-refractivity contribution < 1.29 is 43.2 Å². The first-order valence-electron chi connectivity index (χ1n) is 21.4. The van der Waals surface area contributed by atoms with Crippen LogP contribution in [0.1, 0.15) is 76.3 Å². The van der Waals surface area contributed by atoms with Crippen LogP contribution < -0.4 is 10.1 Å². The quantitative estimate of drug-likeness (QED) is 0.105. The summed E-state index contributed by atoms with van der Waals surface area (Å²) in [5.74, 6) is 1.38. The van der Waals surface area contributed by atoms with Crippen LogP contribution in [-0.2, 0) is 30.4 Å². The van der Waals surface area contributed by atoms with Gasteiger partial charge in [-0.05, 0) is 85.4 Å². The van der Waals surface area contributed by atoms with Crippen molar-refractivity contribution in [2.24, 2.45) is 11.8 Å². The third-order valence-corrected chi connectivity index (χ3v) is 13.1. The molecule has 4 N–H and O–H groups in total. The lowest BCUT2D eigenvalue weighted by molar-refractivity contribution is -0.140. The van der Waals surface area contributed by atoms with Crippen LogP contribution in [0.4, 0.5) is 9.59 Å². The number of nitrogens with one attached hydrogen (secondary N) is 3. The highest BCUT2D eigenvalue weighted by Crippen LogP contribution is 2.44. The van der Waals surface area contributed by atoms with Crippen LogP contribution in [0.15, 0.2) is 48.7 Å². The van der Waals surface area contributed by atoms with Crippen molar-refractivity contribution in [1.82, 2.24) is 40.0 Å². The smallest absolute Gasteiger partial charge is 0.407 e. The summed E-state index contributed by atoms with van der Waals surface area (Å²) in [5, 5.41) is 14.3. The number of hydrogen-bond donors (Lipinski definition) is 4. The average molecular weight is 865 g/mol. The van der Waals surface area contributed by atoms with Gasteiger partial charge in [-0.3, -0.25) is 14.5 Å². The lowest BCUT2D eigenvalue weighted by atomic mass is 9.92. The number of hydrogen-bond acceptors (Lipinski definition) is 10. The zero-order chi connectivity index (χ0) is 44.9. The van der Waals surface area contributed by atoms with E-state index in [2.05, 4.69) is 45.6 Å². The maximum absolute atomic E-state index is 14.1. The summed E-state index contributed by atoms with van der Waals surface area (Å²) < 4.78 is 22.2. The first-order valence-corrected chi connectivity index (χ1v) is 21.4. The fourth-order valence-corrected chi connectivity index (χ4v) is 9.74. The van der Waals surface area contributed by atoms with Gasteiger partial charge < -0.3 is 49.1 Å². The molecule has 5 heterocycles. The fourth-order valence-electron chi connectivity index (χ4n) is 9.74. The Hall–Kier alpha value is -6.20. The van der Waals surface area contributed by atoms with Crippen molar-refractivity contribution >= 4 is 45.8 Å². The summed E-state index contributed by atoms with van der Waals surface area (Å²) >= 11 is 0. The lowest BCUT2D eigenvalue weighted by Gasteiger charge is -2.33. The van der Waals surface area contributed by atoms with E-state index in [4.69, 9.17) is 28.9 Å². The monoisotopic (exact) mass is 864 g/mol. The number of carbonyl (C=O) groups is 4. The molecule has 334 valence electrons. The summed E-state index contributed by atoms with van der Waals surface area (Å²) in [7, 11) is 5.84. The molecule has 3 aromatic carbocycles. The highest BCUT2D eigenvalue weighted by Gasteiger charge is 2.44. The number of methoxy groups -OCH3 is 3. The number of nitrogens with zero attached hydrogens (tertiary/aromatic N) is 5. The molecule has 0 radical (unpaired) electrons. The van der Waals surface area contributed by atoms with Gasteiger partial charge in [-0.2, -0.15) is 0 Å². The number of likely N-dealkylation sites (tertiary alicyclic amines) is 2. The molecule has 0 spiro atoms. The van der Waals surface area contributed by atoms with E-state index in [9.17, 15) is 24.3 Å². The molecular formula is C46H56N8O9. The number of alkyl carbamates (subject to hydrolysis) is 1. The number of benzene rings is 3.